The molecular formula is C16H17N3O2. The lowest BCUT2D eigenvalue weighted by Crippen LogP contribution is -2.46. The summed E-state index contributed by atoms with van der Waals surface area (Å²) in [6, 6.07) is 10.1. The van der Waals surface area contributed by atoms with Gasteiger partial charge in [0.25, 0.3) is 0 Å². The maximum absolute atomic E-state index is 12.5. The minimum absolute atomic E-state index is 0.260. The van der Waals surface area contributed by atoms with E-state index in [1.807, 2.05) is 24.3 Å². The third-order valence-electron chi connectivity index (χ3n) is 3.83. The van der Waals surface area contributed by atoms with Gasteiger partial charge < -0.3 is 15.7 Å². The molecule has 1 aromatic heterocycles. The zero-order valence-electron chi connectivity index (χ0n) is 11.5. The molecule has 3 N–H and O–H groups in total. The van der Waals surface area contributed by atoms with E-state index >= 15 is 0 Å². The van der Waals surface area contributed by atoms with Crippen molar-refractivity contribution >= 4 is 11.6 Å². The van der Waals surface area contributed by atoms with Crippen LogP contribution in [0.5, 0.6) is 0 Å². The van der Waals surface area contributed by atoms with Crippen LogP contribution in [-0.2, 0) is 11.2 Å². The van der Waals surface area contributed by atoms with Crippen molar-refractivity contribution in [3.05, 3.63) is 59.9 Å². The second kappa shape index (κ2) is 5.63. The second-order valence-corrected chi connectivity index (χ2v) is 5.12. The van der Waals surface area contributed by atoms with E-state index in [1.54, 1.807) is 29.4 Å². The van der Waals surface area contributed by atoms with Crippen LogP contribution in [0.4, 0.5) is 5.69 Å². The molecule has 2 aromatic rings. The maximum Gasteiger partial charge on any atom is 0.246 e. The predicted octanol–water partition coefficient (Wildman–Crippen LogP) is 1.03. The highest BCUT2D eigenvalue weighted by Gasteiger charge is 2.32. The highest BCUT2D eigenvalue weighted by Crippen LogP contribution is 2.29. The third-order valence-corrected chi connectivity index (χ3v) is 3.83. The number of aliphatic hydroxyl groups excluding tert-OH is 1. The fourth-order valence-corrected chi connectivity index (χ4v) is 2.65. The van der Waals surface area contributed by atoms with Crippen molar-refractivity contribution in [1.29, 1.82) is 0 Å². The van der Waals surface area contributed by atoms with Crippen molar-refractivity contribution < 1.29 is 9.90 Å². The quantitative estimate of drug-likeness (QED) is 0.882. The number of aromatic nitrogens is 1. The van der Waals surface area contributed by atoms with Gasteiger partial charge in [0, 0.05) is 24.6 Å². The molecule has 108 valence electrons. The minimum Gasteiger partial charge on any atom is -0.386 e. The van der Waals surface area contributed by atoms with Gasteiger partial charge in [-0.05, 0) is 35.7 Å². The van der Waals surface area contributed by atoms with Gasteiger partial charge in [-0.2, -0.15) is 0 Å². The molecule has 0 saturated heterocycles. The lowest BCUT2D eigenvalue weighted by molar-refractivity contribution is -0.122. The van der Waals surface area contributed by atoms with E-state index in [4.69, 9.17) is 5.73 Å². The van der Waals surface area contributed by atoms with Crippen molar-refractivity contribution in [1.82, 2.24) is 4.98 Å². The molecule has 0 fully saturated rings. The summed E-state index contributed by atoms with van der Waals surface area (Å²) in [5, 5.41) is 10.3. The number of nitrogens with two attached hydrogens (primary N) is 1. The zero-order chi connectivity index (χ0) is 14.8. The molecule has 0 unspecified atom stereocenters. The molecular weight excluding hydrogens is 266 g/mol. The molecule has 3 rings (SSSR count). The van der Waals surface area contributed by atoms with Crippen LogP contribution >= 0.6 is 0 Å². The van der Waals surface area contributed by atoms with Gasteiger partial charge in [0.15, 0.2) is 0 Å². The van der Waals surface area contributed by atoms with Crippen molar-refractivity contribution in [2.75, 3.05) is 11.4 Å². The molecule has 5 nitrogen and oxygen atoms in total. The molecule has 1 aromatic carbocycles. The van der Waals surface area contributed by atoms with E-state index in [2.05, 4.69) is 4.98 Å². The number of amides is 1. The van der Waals surface area contributed by atoms with Gasteiger partial charge in [-0.25, -0.2) is 0 Å². The minimum atomic E-state index is -1.03. The van der Waals surface area contributed by atoms with Gasteiger partial charge in [0.2, 0.25) is 5.91 Å². The first kappa shape index (κ1) is 13.7. The van der Waals surface area contributed by atoms with Gasteiger partial charge in [-0.1, -0.05) is 18.2 Å². The molecule has 1 aliphatic rings. The Labute approximate surface area is 123 Å². The van der Waals surface area contributed by atoms with Crippen LogP contribution in [0.2, 0.25) is 0 Å². The molecule has 0 bridgehead atoms. The van der Waals surface area contributed by atoms with Gasteiger partial charge in [0.05, 0.1) is 0 Å². The molecule has 0 aliphatic carbocycles. The Morgan fingerprint density at radius 1 is 1.24 bits per heavy atom. The SMILES string of the molecule is N[C@@H](C(=O)N1CCc2ccccc21)[C@@H](O)c1ccncc1. The van der Waals surface area contributed by atoms with Gasteiger partial charge in [0.1, 0.15) is 12.1 Å². The summed E-state index contributed by atoms with van der Waals surface area (Å²) < 4.78 is 0. The Morgan fingerprint density at radius 2 is 1.95 bits per heavy atom. The summed E-state index contributed by atoms with van der Waals surface area (Å²) in [4.78, 5) is 18.1. The van der Waals surface area contributed by atoms with Gasteiger partial charge in [-0.3, -0.25) is 9.78 Å². The number of hydrogen-bond acceptors (Lipinski definition) is 4. The monoisotopic (exact) mass is 283 g/mol. The lowest BCUT2D eigenvalue weighted by atomic mass is 10.0. The Kier molecular flexibility index (Phi) is 3.68. The number of pyridine rings is 1. The number of aliphatic hydroxyl groups is 1. The van der Waals surface area contributed by atoms with Crippen LogP contribution in [0.15, 0.2) is 48.8 Å². The molecule has 0 saturated carbocycles. The Hall–Kier alpha value is -2.24. The number of benzene rings is 1. The highest BCUT2D eigenvalue weighted by molar-refractivity contribution is 5.99. The number of carbonyl (C=O) groups is 1. The number of anilines is 1. The van der Waals surface area contributed by atoms with Crippen molar-refractivity contribution in [2.45, 2.75) is 18.6 Å². The number of hydrogen-bond donors (Lipinski definition) is 2. The molecule has 5 heteroatoms. The first-order valence-corrected chi connectivity index (χ1v) is 6.91. The van der Waals surface area contributed by atoms with Crippen molar-refractivity contribution in [3.63, 3.8) is 0 Å². The zero-order valence-corrected chi connectivity index (χ0v) is 11.5. The number of fused-ring (bicyclic) bond motifs is 1. The fourth-order valence-electron chi connectivity index (χ4n) is 2.65. The van der Waals surface area contributed by atoms with Crippen LogP contribution in [0.3, 0.4) is 0 Å². The van der Waals surface area contributed by atoms with E-state index in [1.165, 1.54) is 0 Å². The summed E-state index contributed by atoms with van der Waals surface area (Å²) in [7, 11) is 0. The fraction of sp³-hybridized carbons (Fsp3) is 0.250. The summed E-state index contributed by atoms with van der Waals surface area (Å²) in [6.45, 7) is 0.606. The summed E-state index contributed by atoms with van der Waals surface area (Å²) in [5.74, 6) is -0.260. The van der Waals surface area contributed by atoms with E-state index in [-0.39, 0.29) is 5.91 Å². The third kappa shape index (κ3) is 2.53. The molecule has 1 amide bonds. The molecule has 0 spiro atoms. The van der Waals surface area contributed by atoms with E-state index in [9.17, 15) is 9.90 Å². The Morgan fingerprint density at radius 3 is 2.71 bits per heavy atom. The summed E-state index contributed by atoms with van der Waals surface area (Å²) >= 11 is 0. The number of rotatable bonds is 3. The van der Waals surface area contributed by atoms with E-state index in [0.29, 0.717) is 12.1 Å². The summed E-state index contributed by atoms with van der Waals surface area (Å²) in [5.41, 5.74) is 8.59. The lowest BCUT2D eigenvalue weighted by Gasteiger charge is -2.24. The average molecular weight is 283 g/mol. The van der Waals surface area contributed by atoms with E-state index < -0.39 is 12.1 Å². The van der Waals surface area contributed by atoms with Crippen LogP contribution < -0.4 is 10.6 Å². The molecule has 2 heterocycles. The van der Waals surface area contributed by atoms with Crippen molar-refractivity contribution in [2.24, 2.45) is 5.73 Å². The number of carbonyl (C=O) groups excluding carboxylic acids is 1. The van der Waals surface area contributed by atoms with Gasteiger partial charge in [-0.15, -0.1) is 0 Å². The summed E-state index contributed by atoms with van der Waals surface area (Å²) in [6.07, 6.45) is 2.93. The number of para-hydroxylation sites is 1. The van der Waals surface area contributed by atoms with Crippen LogP contribution in [0, 0.1) is 0 Å². The van der Waals surface area contributed by atoms with E-state index in [0.717, 1.165) is 17.7 Å². The normalized spacial score (nSPS) is 16.4. The molecule has 1 aliphatic heterocycles. The standard InChI is InChI=1S/C16H17N3O2/c17-14(15(20)12-5-8-18-9-6-12)16(21)19-10-7-11-3-1-2-4-13(11)19/h1-6,8-9,14-15,20H,7,10,17H2/t14-,15+/m1/s1. The first-order valence-electron chi connectivity index (χ1n) is 6.91. The Bertz CT molecular complexity index is 645. The second-order valence-electron chi connectivity index (χ2n) is 5.12. The maximum atomic E-state index is 12.5. The highest BCUT2D eigenvalue weighted by atomic mass is 16.3. The molecule has 0 radical (unpaired) electrons. The molecule has 2 atom stereocenters. The topological polar surface area (TPSA) is 79.5 Å². The first-order chi connectivity index (χ1) is 10.2. The van der Waals surface area contributed by atoms with Crippen LogP contribution in [-0.4, -0.2) is 28.6 Å². The van der Waals surface area contributed by atoms with Crippen LogP contribution in [0.1, 0.15) is 17.2 Å². The van der Waals surface area contributed by atoms with Gasteiger partial charge >= 0.3 is 0 Å². The smallest absolute Gasteiger partial charge is 0.246 e. The molecule has 21 heavy (non-hydrogen) atoms. The predicted molar refractivity (Wildman–Crippen MR) is 79.7 cm³/mol. The van der Waals surface area contributed by atoms with Crippen LogP contribution in [0.25, 0.3) is 0 Å². The van der Waals surface area contributed by atoms with Crippen molar-refractivity contribution in [3.8, 4) is 0 Å². The Balaban J connectivity index is 1.80. The number of nitrogens with zero attached hydrogens (tertiary/aromatic N) is 2. The largest absolute Gasteiger partial charge is 0.386 e. The average Bonchev–Trinajstić information content (AvgIpc) is 2.97.